The molecule has 4 nitrogen and oxygen atoms in total. The van der Waals surface area contributed by atoms with E-state index < -0.39 is 0 Å². The molecule has 330 valence electrons. The van der Waals surface area contributed by atoms with Gasteiger partial charge in [0.1, 0.15) is 11.2 Å². The zero-order chi connectivity index (χ0) is 45.7. The Bertz CT molecular complexity index is 3460. The summed E-state index contributed by atoms with van der Waals surface area (Å²) in [6.45, 7) is 6.66. The van der Waals surface area contributed by atoms with Crippen LogP contribution in [0, 0.1) is 6.92 Å². The average molecular weight is 880 g/mol. The molecule has 0 bridgehead atoms. The van der Waals surface area contributed by atoms with Crippen LogP contribution in [0.3, 0.4) is 0 Å². The highest BCUT2D eigenvalue weighted by Crippen LogP contribution is 2.51. The van der Waals surface area contributed by atoms with E-state index in [1.165, 1.54) is 74.1 Å². The second-order valence-electron chi connectivity index (χ2n) is 18.7. The van der Waals surface area contributed by atoms with Gasteiger partial charge in [0, 0.05) is 67.8 Å². The van der Waals surface area contributed by atoms with Crippen molar-refractivity contribution in [3.8, 4) is 22.3 Å². The van der Waals surface area contributed by atoms with Gasteiger partial charge in [0.25, 0.3) is 0 Å². The molecule has 68 heavy (non-hydrogen) atoms. The van der Waals surface area contributed by atoms with Crippen LogP contribution in [0.5, 0.6) is 0 Å². The summed E-state index contributed by atoms with van der Waals surface area (Å²) in [5, 5.41) is 2.26. The number of rotatable bonds is 12. The summed E-state index contributed by atoms with van der Waals surface area (Å²) in [5.74, 6) is 0. The zero-order valence-corrected chi connectivity index (χ0v) is 39.1. The molecule has 0 radical (unpaired) electrons. The largest absolute Gasteiger partial charge is 0.456 e. The van der Waals surface area contributed by atoms with Crippen molar-refractivity contribution in [1.82, 2.24) is 0 Å². The monoisotopic (exact) mass is 879 g/mol. The summed E-state index contributed by atoms with van der Waals surface area (Å²) in [7, 11) is 0. The van der Waals surface area contributed by atoms with Gasteiger partial charge in [0.05, 0.1) is 5.69 Å². The van der Waals surface area contributed by atoms with Gasteiger partial charge in [-0.25, -0.2) is 0 Å². The molecule has 0 saturated carbocycles. The number of nitrogens with zero attached hydrogens (tertiary/aromatic N) is 3. The number of anilines is 8. The van der Waals surface area contributed by atoms with Crippen LogP contribution in [0.2, 0.25) is 0 Å². The molecule has 2 aliphatic rings. The standard InChI is InChI=1S/C63H54BN3O/c1-4-6-19-44-29-32-48(33-30-44)65(47-23-13-9-14-24-47)50-34-36-58-53(40-50)55-37-43(3)38-60-63(55)64(67(58)49-25-15-10-16-26-49)56-41-54-51-27-17-18-28-61(51)68-62(54)42-59(56)66(60)57-35-31-45(20-7-5-2)39-52(57)46-21-11-8-12-22-46/h8-18,21-42H,4-7,19-20H2,1-3H3. The predicted molar refractivity (Wildman–Crippen MR) is 290 cm³/mol. The third-order valence-electron chi connectivity index (χ3n) is 14.2. The van der Waals surface area contributed by atoms with Crippen molar-refractivity contribution in [3.63, 3.8) is 0 Å². The van der Waals surface area contributed by atoms with Gasteiger partial charge in [-0.15, -0.1) is 0 Å². The van der Waals surface area contributed by atoms with Crippen LogP contribution < -0.4 is 25.5 Å². The number of aryl methyl sites for hydroxylation is 3. The van der Waals surface area contributed by atoms with E-state index in [4.69, 9.17) is 4.42 Å². The van der Waals surface area contributed by atoms with E-state index in [9.17, 15) is 0 Å². The fourth-order valence-electron chi connectivity index (χ4n) is 11.0. The first kappa shape index (κ1) is 41.7. The van der Waals surface area contributed by atoms with Gasteiger partial charge in [-0.1, -0.05) is 142 Å². The summed E-state index contributed by atoms with van der Waals surface area (Å²) >= 11 is 0. The number of hydrogen-bond acceptors (Lipinski definition) is 4. The summed E-state index contributed by atoms with van der Waals surface area (Å²) < 4.78 is 6.75. The predicted octanol–water partition coefficient (Wildman–Crippen LogP) is 16.4. The smallest absolute Gasteiger partial charge is 0.333 e. The normalized spacial score (nSPS) is 12.6. The van der Waals surface area contributed by atoms with Crippen molar-refractivity contribution < 1.29 is 4.42 Å². The van der Waals surface area contributed by atoms with E-state index in [-0.39, 0.29) is 6.85 Å². The molecule has 0 fully saturated rings. The van der Waals surface area contributed by atoms with Crippen LogP contribution >= 0.6 is 0 Å². The fourth-order valence-corrected chi connectivity index (χ4v) is 11.0. The molecule has 0 N–H and O–H groups in total. The van der Waals surface area contributed by atoms with Crippen molar-refractivity contribution in [2.24, 2.45) is 0 Å². The Balaban J connectivity index is 1.14. The highest BCUT2D eigenvalue weighted by Gasteiger charge is 2.46. The highest BCUT2D eigenvalue weighted by molar-refractivity contribution is 6.93. The quantitative estimate of drug-likeness (QED) is 0.114. The fraction of sp³-hybridized carbons (Fsp3) is 0.143. The lowest BCUT2D eigenvalue weighted by molar-refractivity contribution is 0.669. The van der Waals surface area contributed by atoms with Gasteiger partial charge in [-0.05, 0) is 150 Å². The maximum atomic E-state index is 6.75. The Morgan fingerprint density at radius 2 is 1.12 bits per heavy atom. The number of benzene rings is 9. The van der Waals surface area contributed by atoms with Crippen molar-refractivity contribution in [3.05, 3.63) is 217 Å². The van der Waals surface area contributed by atoms with Crippen LogP contribution in [0.1, 0.15) is 56.2 Å². The molecule has 0 atom stereocenters. The van der Waals surface area contributed by atoms with E-state index in [0.29, 0.717) is 0 Å². The number of hydrogen-bond donors (Lipinski definition) is 0. The third kappa shape index (κ3) is 7.16. The van der Waals surface area contributed by atoms with Gasteiger partial charge >= 0.3 is 6.85 Å². The van der Waals surface area contributed by atoms with E-state index in [1.54, 1.807) is 0 Å². The molecular weight excluding hydrogens is 826 g/mol. The molecule has 5 heteroatoms. The molecule has 0 unspecified atom stereocenters. The lowest BCUT2D eigenvalue weighted by Crippen LogP contribution is -2.61. The minimum atomic E-state index is -0.143. The molecule has 9 aromatic carbocycles. The SMILES string of the molecule is CCCCc1ccc(N(c2ccccc2)c2ccc3c(c2)-c2cc(C)cc4c2B(c2cc5c(cc2N4c2ccc(CCCC)cc2-c2ccccc2)oc2ccccc25)N3c2ccccc2)cc1. The van der Waals surface area contributed by atoms with Gasteiger partial charge in [0.15, 0.2) is 0 Å². The van der Waals surface area contributed by atoms with E-state index >= 15 is 0 Å². The van der Waals surface area contributed by atoms with Gasteiger partial charge in [0.2, 0.25) is 0 Å². The Morgan fingerprint density at radius 1 is 0.471 bits per heavy atom. The summed E-state index contributed by atoms with van der Waals surface area (Å²) in [4.78, 5) is 7.58. The molecule has 2 aliphatic heterocycles. The molecule has 0 saturated heterocycles. The molecule has 1 aromatic heterocycles. The van der Waals surface area contributed by atoms with E-state index in [0.717, 1.165) is 81.7 Å². The molecule has 10 aromatic rings. The Hall–Kier alpha value is -7.76. The van der Waals surface area contributed by atoms with Gasteiger partial charge in [-0.2, -0.15) is 0 Å². The third-order valence-corrected chi connectivity index (χ3v) is 14.2. The molecular formula is C63H54BN3O. The van der Waals surface area contributed by atoms with E-state index in [2.05, 4.69) is 236 Å². The topological polar surface area (TPSA) is 22.9 Å². The summed E-state index contributed by atoms with van der Waals surface area (Å²) in [6.07, 6.45) is 6.82. The molecule has 3 heterocycles. The summed E-state index contributed by atoms with van der Waals surface area (Å²) in [5.41, 5.74) is 22.3. The Morgan fingerprint density at radius 3 is 1.88 bits per heavy atom. The number of unbranched alkanes of at least 4 members (excludes halogenated alkanes) is 2. The van der Waals surface area contributed by atoms with E-state index in [1.807, 2.05) is 0 Å². The lowest BCUT2D eigenvalue weighted by atomic mass is 9.43. The van der Waals surface area contributed by atoms with Crippen molar-refractivity contribution >= 4 is 85.2 Å². The Labute approximate surface area is 400 Å². The van der Waals surface area contributed by atoms with Crippen LogP contribution in [0.4, 0.5) is 45.5 Å². The first-order valence-corrected chi connectivity index (χ1v) is 24.6. The molecule has 0 aliphatic carbocycles. The maximum absolute atomic E-state index is 6.75. The average Bonchev–Trinajstić information content (AvgIpc) is 3.75. The zero-order valence-electron chi connectivity index (χ0n) is 39.1. The molecule has 0 amide bonds. The van der Waals surface area contributed by atoms with Gasteiger partial charge in [-0.3, -0.25) is 0 Å². The Kier molecular flexibility index (Phi) is 10.7. The molecule has 0 spiro atoms. The number of fused-ring (bicyclic) bond motifs is 7. The van der Waals surface area contributed by atoms with Crippen LogP contribution in [-0.4, -0.2) is 6.85 Å². The lowest BCUT2D eigenvalue weighted by Gasteiger charge is -2.46. The van der Waals surface area contributed by atoms with Crippen LogP contribution in [0.15, 0.2) is 205 Å². The van der Waals surface area contributed by atoms with Gasteiger partial charge < -0.3 is 19.0 Å². The number of furan rings is 1. The first-order valence-electron chi connectivity index (χ1n) is 24.6. The number of para-hydroxylation sites is 3. The molecule has 12 rings (SSSR count). The summed E-state index contributed by atoms with van der Waals surface area (Å²) in [6, 6.07) is 74.4. The van der Waals surface area contributed by atoms with Crippen LogP contribution in [0.25, 0.3) is 44.2 Å². The first-order chi connectivity index (χ1) is 33.6. The minimum Gasteiger partial charge on any atom is -0.456 e. The second kappa shape index (κ2) is 17.5. The maximum Gasteiger partial charge on any atom is 0.333 e. The van der Waals surface area contributed by atoms with Crippen molar-refractivity contribution in [2.75, 3.05) is 14.6 Å². The minimum absolute atomic E-state index is 0.143. The second-order valence-corrected chi connectivity index (χ2v) is 18.7. The van der Waals surface area contributed by atoms with Crippen molar-refractivity contribution in [1.29, 1.82) is 0 Å². The highest BCUT2D eigenvalue weighted by atomic mass is 16.3. The van der Waals surface area contributed by atoms with Crippen molar-refractivity contribution in [2.45, 2.75) is 59.3 Å². The van der Waals surface area contributed by atoms with Crippen LogP contribution in [-0.2, 0) is 12.8 Å².